The Morgan fingerprint density at radius 1 is 0.975 bits per heavy atom. The molecule has 0 saturated heterocycles. The van der Waals surface area contributed by atoms with E-state index in [-0.39, 0.29) is 40.8 Å². The van der Waals surface area contributed by atoms with Crippen LogP contribution in [0.2, 0.25) is 0 Å². The summed E-state index contributed by atoms with van der Waals surface area (Å²) >= 11 is 0. The van der Waals surface area contributed by atoms with Gasteiger partial charge in [-0.3, -0.25) is 9.52 Å². The van der Waals surface area contributed by atoms with Gasteiger partial charge in [0, 0.05) is 6.92 Å². The highest BCUT2D eigenvalue weighted by Crippen LogP contribution is 2.41. The quantitative estimate of drug-likeness (QED) is 0.244. The predicted octanol–water partition coefficient (Wildman–Crippen LogP) is 4.37. The smallest absolute Gasteiger partial charge is 0.493 e. The number of esters is 1. The number of sulfonamides is 1. The molecule has 0 fully saturated rings. The summed E-state index contributed by atoms with van der Waals surface area (Å²) in [6.07, 6.45) is -1.75. The highest BCUT2D eigenvalue weighted by atomic mass is 32.2. The molecule has 0 aliphatic carbocycles. The van der Waals surface area contributed by atoms with Crippen molar-refractivity contribution < 1.29 is 46.8 Å². The molecule has 40 heavy (non-hydrogen) atoms. The van der Waals surface area contributed by atoms with Gasteiger partial charge < -0.3 is 28.8 Å². The molecule has 3 rings (SSSR count). The molecule has 214 valence electrons. The van der Waals surface area contributed by atoms with Crippen molar-refractivity contribution in [1.82, 2.24) is 9.97 Å². The van der Waals surface area contributed by atoms with Crippen molar-refractivity contribution in [2.24, 2.45) is 0 Å². The van der Waals surface area contributed by atoms with Gasteiger partial charge in [-0.25, -0.2) is 13.2 Å². The number of methoxy groups -OCH3 is 1. The maximum atomic E-state index is 13.4. The van der Waals surface area contributed by atoms with Crippen molar-refractivity contribution in [3.63, 3.8) is 0 Å². The number of carboxylic acid groups (broad SMARTS) is 1. The number of rotatable bonds is 11. The Kier molecular flexibility index (Phi) is 9.37. The molecular weight excluding hydrogens is 546 g/mol. The minimum Gasteiger partial charge on any atom is -0.493 e. The van der Waals surface area contributed by atoms with Crippen LogP contribution in [0.25, 0.3) is 0 Å². The lowest BCUT2D eigenvalue weighted by Gasteiger charge is -2.20. The van der Waals surface area contributed by atoms with E-state index >= 15 is 0 Å². The summed E-state index contributed by atoms with van der Waals surface area (Å²) in [4.78, 5) is 30.1. The zero-order valence-electron chi connectivity index (χ0n) is 22.5. The van der Waals surface area contributed by atoms with Gasteiger partial charge >= 0.3 is 18.1 Å². The molecule has 0 amide bonds. The SMILES string of the molecule is COc1ccccc1Oc1c(NS(=O)(=O)c2ccc(C(C)(C)C)cc2)nc(OC(=O)O)nc1OCCOC(C)=O. The van der Waals surface area contributed by atoms with E-state index in [1.165, 1.54) is 32.2 Å². The topological polar surface area (TPSA) is 172 Å². The number of carbonyl (C=O) groups excluding carboxylic acids is 1. The molecule has 14 heteroatoms. The fourth-order valence-electron chi connectivity index (χ4n) is 3.25. The van der Waals surface area contributed by atoms with E-state index in [2.05, 4.69) is 19.4 Å². The van der Waals surface area contributed by atoms with Gasteiger partial charge in [0.25, 0.3) is 15.9 Å². The third-order valence-electron chi connectivity index (χ3n) is 5.16. The summed E-state index contributed by atoms with van der Waals surface area (Å²) in [5.74, 6) is -1.35. The van der Waals surface area contributed by atoms with Crippen molar-refractivity contribution >= 4 is 28.0 Å². The molecule has 2 aromatic carbocycles. The Bertz CT molecular complexity index is 1470. The average Bonchev–Trinajstić information content (AvgIpc) is 2.87. The van der Waals surface area contributed by atoms with Crippen LogP contribution in [-0.2, 0) is 25.0 Å². The van der Waals surface area contributed by atoms with Crippen LogP contribution >= 0.6 is 0 Å². The van der Waals surface area contributed by atoms with Crippen molar-refractivity contribution in [2.75, 3.05) is 25.0 Å². The fourth-order valence-corrected chi connectivity index (χ4v) is 4.26. The zero-order valence-corrected chi connectivity index (χ0v) is 23.3. The number of nitrogens with zero attached hydrogens (tertiary/aromatic N) is 2. The lowest BCUT2D eigenvalue weighted by molar-refractivity contribution is -0.141. The van der Waals surface area contributed by atoms with Crippen molar-refractivity contribution in [3.8, 4) is 29.1 Å². The maximum Gasteiger partial charge on any atom is 0.513 e. The first kappa shape index (κ1) is 30.0. The average molecular weight is 576 g/mol. The Morgan fingerprint density at radius 2 is 1.62 bits per heavy atom. The van der Waals surface area contributed by atoms with Gasteiger partial charge in [0.05, 0.1) is 12.0 Å². The molecule has 1 aromatic heterocycles. The van der Waals surface area contributed by atoms with E-state index in [4.69, 9.17) is 24.1 Å². The minimum atomic E-state index is -4.28. The molecule has 0 atom stereocenters. The lowest BCUT2D eigenvalue weighted by Crippen LogP contribution is -2.18. The molecule has 0 aliphatic heterocycles. The monoisotopic (exact) mass is 575 g/mol. The number of hydrogen-bond donors (Lipinski definition) is 2. The first-order valence-electron chi connectivity index (χ1n) is 11.8. The van der Waals surface area contributed by atoms with E-state index in [0.717, 1.165) is 5.56 Å². The van der Waals surface area contributed by atoms with E-state index in [0.29, 0.717) is 0 Å². The molecule has 2 N–H and O–H groups in total. The molecule has 0 saturated carbocycles. The summed E-state index contributed by atoms with van der Waals surface area (Å²) in [5, 5.41) is 9.11. The van der Waals surface area contributed by atoms with Gasteiger partial charge in [0.1, 0.15) is 13.2 Å². The summed E-state index contributed by atoms with van der Waals surface area (Å²) in [7, 11) is -2.88. The van der Waals surface area contributed by atoms with E-state index in [9.17, 15) is 18.0 Å². The predicted molar refractivity (Wildman–Crippen MR) is 142 cm³/mol. The Labute approximate surface area is 231 Å². The first-order valence-corrected chi connectivity index (χ1v) is 13.3. The van der Waals surface area contributed by atoms with Crippen molar-refractivity contribution in [1.29, 1.82) is 0 Å². The highest BCUT2D eigenvalue weighted by Gasteiger charge is 2.26. The summed E-state index contributed by atoms with van der Waals surface area (Å²) in [6, 6.07) is 11.9. The van der Waals surface area contributed by atoms with Gasteiger partial charge in [-0.1, -0.05) is 45.0 Å². The molecular formula is C26H29N3O10S. The Balaban J connectivity index is 2.10. The molecule has 13 nitrogen and oxygen atoms in total. The van der Waals surface area contributed by atoms with Crippen molar-refractivity contribution in [2.45, 2.75) is 38.0 Å². The number of nitrogens with one attached hydrogen (secondary N) is 1. The normalized spacial score (nSPS) is 11.3. The van der Waals surface area contributed by atoms with Crippen LogP contribution in [-0.4, -0.2) is 55.9 Å². The molecule has 0 unspecified atom stereocenters. The summed E-state index contributed by atoms with van der Waals surface area (Å²) in [6.45, 7) is 6.74. The fraction of sp³-hybridized carbons (Fsp3) is 0.308. The third kappa shape index (κ3) is 7.96. The summed E-state index contributed by atoms with van der Waals surface area (Å²) in [5.41, 5.74) is 0.703. The van der Waals surface area contributed by atoms with E-state index in [1.54, 1.807) is 30.3 Å². The second-order valence-electron chi connectivity index (χ2n) is 9.18. The Hall–Kier alpha value is -4.59. The van der Waals surface area contributed by atoms with Crippen LogP contribution in [0.15, 0.2) is 53.4 Å². The van der Waals surface area contributed by atoms with Crippen LogP contribution in [0.3, 0.4) is 0 Å². The maximum absolute atomic E-state index is 13.4. The summed E-state index contributed by atoms with van der Waals surface area (Å²) < 4.78 is 55.3. The molecule has 0 radical (unpaired) electrons. The van der Waals surface area contributed by atoms with E-state index < -0.39 is 39.9 Å². The number of benzene rings is 2. The number of ether oxygens (including phenoxy) is 5. The van der Waals surface area contributed by atoms with E-state index in [1.807, 2.05) is 20.8 Å². The van der Waals surface area contributed by atoms with Crippen molar-refractivity contribution in [3.05, 3.63) is 54.1 Å². The molecule has 0 spiro atoms. The van der Waals surface area contributed by atoms with Gasteiger partial charge in [-0.15, -0.1) is 0 Å². The van der Waals surface area contributed by atoms with Gasteiger partial charge in [0.15, 0.2) is 17.3 Å². The molecule has 3 aromatic rings. The van der Waals surface area contributed by atoms with Crippen LogP contribution in [0.4, 0.5) is 10.6 Å². The number of carbonyl (C=O) groups is 2. The largest absolute Gasteiger partial charge is 0.513 e. The Morgan fingerprint density at radius 3 is 2.20 bits per heavy atom. The number of aromatic nitrogens is 2. The first-order chi connectivity index (χ1) is 18.8. The number of anilines is 1. The lowest BCUT2D eigenvalue weighted by atomic mass is 9.87. The third-order valence-corrected chi connectivity index (χ3v) is 6.52. The van der Waals surface area contributed by atoms with Crippen LogP contribution in [0, 0.1) is 0 Å². The second-order valence-corrected chi connectivity index (χ2v) is 10.9. The molecule has 1 heterocycles. The van der Waals surface area contributed by atoms with Crippen LogP contribution in [0.1, 0.15) is 33.3 Å². The van der Waals surface area contributed by atoms with Gasteiger partial charge in [-0.2, -0.15) is 9.97 Å². The van der Waals surface area contributed by atoms with Crippen LogP contribution < -0.4 is 23.7 Å². The number of hydrogen-bond acceptors (Lipinski definition) is 11. The zero-order chi connectivity index (χ0) is 29.5. The van der Waals surface area contributed by atoms with Crippen LogP contribution in [0.5, 0.6) is 29.1 Å². The highest BCUT2D eigenvalue weighted by molar-refractivity contribution is 7.92. The molecule has 0 bridgehead atoms. The second kappa shape index (κ2) is 12.5. The minimum absolute atomic E-state index is 0.0969. The standard InChI is InChI=1S/C26H29N3O10S/c1-16(30)36-14-15-37-23-21(38-20-9-7-6-8-19(20)35-5)22(27-24(28-23)39-25(31)32)29-40(33,34)18-12-10-17(11-13-18)26(2,3)4/h6-13H,14-15H2,1-5H3,(H,31,32)(H,27,28,29). The number of para-hydroxylation sites is 2. The molecule has 0 aliphatic rings. The van der Waals surface area contributed by atoms with Gasteiger partial charge in [0.2, 0.25) is 5.75 Å². The van der Waals surface area contributed by atoms with Gasteiger partial charge in [-0.05, 0) is 35.2 Å².